The fourth-order valence-corrected chi connectivity index (χ4v) is 2.19. The van der Waals surface area contributed by atoms with Crippen LogP contribution in [0.4, 0.5) is 13.2 Å². The summed E-state index contributed by atoms with van der Waals surface area (Å²) >= 11 is 0. The molecular weight excluding hydrogens is 391 g/mol. The van der Waals surface area contributed by atoms with Gasteiger partial charge < -0.3 is 9.47 Å². The van der Waals surface area contributed by atoms with Crippen LogP contribution < -0.4 is 5.48 Å². The van der Waals surface area contributed by atoms with Crippen LogP contribution in [0, 0.1) is 12.8 Å². The maximum atomic E-state index is 12.9. The number of carbonyl (C=O) groups excluding carboxylic acids is 2. The fraction of sp³-hybridized carbons (Fsp3) is 0.600. The molecule has 0 saturated heterocycles. The molecule has 0 aliphatic heterocycles. The highest BCUT2D eigenvalue weighted by atomic mass is 19.4. The van der Waals surface area contributed by atoms with E-state index in [9.17, 15) is 22.8 Å². The molecule has 0 spiro atoms. The summed E-state index contributed by atoms with van der Waals surface area (Å²) in [4.78, 5) is 29.5. The number of amides is 1. The zero-order valence-electron chi connectivity index (χ0n) is 17.1. The standard InChI is InChI=1S/C20H28F3NO5/c1-5-6-7-27-12-17(19(26)28-11-13(2)3)29-24-18(25)15-8-14(4)9-16(10-15)20(21,22)23/h8-10,13,17H,5-7,11-12H2,1-4H3,(H,24,25)/t17-/m1/s1. The summed E-state index contributed by atoms with van der Waals surface area (Å²) in [5.74, 6) is -1.53. The second-order valence-electron chi connectivity index (χ2n) is 7.08. The van der Waals surface area contributed by atoms with Crippen molar-refractivity contribution in [1.82, 2.24) is 5.48 Å². The van der Waals surface area contributed by atoms with Crippen molar-refractivity contribution in [3.05, 3.63) is 34.9 Å². The Morgan fingerprint density at radius 1 is 1.14 bits per heavy atom. The van der Waals surface area contributed by atoms with Crippen LogP contribution in [0.1, 0.15) is 55.1 Å². The molecule has 0 bridgehead atoms. The van der Waals surface area contributed by atoms with Gasteiger partial charge in [-0.15, -0.1) is 0 Å². The lowest BCUT2D eigenvalue weighted by Crippen LogP contribution is -2.39. The second-order valence-corrected chi connectivity index (χ2v) is 7.08. The molecule has 1 N–H and O–H groups in total. The van der Waals surface area contributed by atoms with Gasteiger partial charge in [0, 0.05) is 12.2 Å². The highest BCUT2D eigenvalue weighted by Gasteiger charge is 2.31. The highest BCUT2D eigenvalue weighted by Crippen LogP contribution is 2.30. The molecule has 29 heavy (non-hydrogen) atoms. The third-order valence-electron chi connectivity index (χ3n) is 3.69. The summed E-state index contributed by atoms with van der Waals surface area (Å²) in [5.41, 5.74) is 1.11. The van der Waals surface area contributed by atoms with E-state index >= 15 is 0 Å². The summed E-state index contributed by atoms with van der Waals surface area (Å²) in [6.45, 7) is 7.55. The largest absolute Gasteiger partial charge is 0.463 e. The van der Waals surface area contributed by atoms with Crippen LogP contribution in [-0.4, -0.2) is 37.8 Å². The van der Waals surface area contributed by atoms with Crippen LogP contribution in [0.2, 0.25) is 0 Å². The summed E-state index contributed by atoms with van der Waals surface area (Å²) in [7, 11) is 0. The van der Waals surface area contributed by atoms with Crippen LogP contribution in [0.3, 0.4) is 0 Å². The number of ether oxygens (including phenoxy) is 2. The van der Waals surface area contributed by atoms with Gasteiger partial charge in [0.25, 0.3) is 5.91 Å². The number of hydrogen-bond donors (Lipinski definition) is 1. The van der Waals surface area contributed by atoms with E-state index in [1.165, 1.54) is 13.0 Å². The van der Waals surface area contributed by atoms with E-state index < -0.39 is 29.7 Å². The zero-order chi connectivity index (χ0) is 22.0. The number of carbonyl (C=O) groups is 2. The molecule has 1 rings (SSSR count). The first kappa shape index (κ1) is 24.9. The first-order valence-corrected chi connectivity index (χ1v) is 9.43. The lowest BCUT2D eigenvalue weighted by atomic mass is 10.1. The van der Waals surface area contributed by atoms with Crippen LogP contribution >= 0.6 is 0 Å². The van der Waals surface area contributed by atoms with E-state index in [-0.39, 0.29) is 30.3 Å². The predicted octanol–water partition coefficient (Wildman–Crippen LogP) is 4.06. The molecular formula is C20H28F3NO5. The van der Waals surface area contributed by atoms with Gasteiger partial charge in [0.05, 0.1) is 18.8 Å². The third kappa shape index (κ3) is 9.27. The smallest absolute Gasteiger partial charge is 0.416 e. The van der Waals surface area contributed by atoms with Gasteiger partial charge in [-0.3, -0.25) is 9.63 Å². The molecule has 9 heteroatoms. The Hall–Kier alpha value is -2.13. The van der Waals surface area contributed by atoms with Crippen molar-refractivity contribution < 1.29 is 37.1 Å². The average Bonchev–Trinajstić information content (AvgIpc) is 2.64. The minimum atomic E-state index is -4.59. The molecule has 6 nitrogen and oxygen atoms in total. The van der Waals surface area contributed by atoms with Gasteiger partial charge in [0.15, 0.2) is 0 Å². The number of nitrogens with one attached hydrogen (secondary N) is 1. The normalized spacial score (nSPS) is 12.7. The molecule has 0 fully saturated rings. The number of hydrogen-bond acceptors (Lipinski definition) is 5. The average molecular weight is 419 g/mol. The molecule has 0 aliphatic rings. The van der Waals surface area contributed by atoms with E-state index in [0.717, 1.165) is 25.0 Å². The topological polar surface area (TPSA) is 73.9 Å². The third-order valence-corrected chi connectivity index (χ3v) is 3.69. The first-order chi connectivity index (χ1) is 13.5. The molecule has 1 aromatic rings. The van der Waals surface area contributed by atoms with Gasteiger partial charge in [0.2, 0.25) is 6.10 Å². The van der Waals surface area contributed by atoms with Gasteiger partial charge in [-0.25, -0.2) is 10.3 Å². The number of esters is 1. The summed E-state index contributed by atoms with van der Waals surface area (Å²) in [6.07, 6.45) is -4.14. The number of hydroxylamine groups is 1. The monoisotopic (exact) mass is 419 g/mol. The number of alkyl halides is 3. The minimum Gasteiger partial charge on any atom is -0.463 e. The minimum absolute atomic E-state index is 0.100. The lowest BCUT2D eigenvalue weighted by molar-refractivity contribution is -0.167. The van der Waals surface area contributed by atoms with Crippen LogP contribution in [0.15, 0.2) is 18.2 Å². The van der Waals surface area contributed by atoms with Crippen molar-refractivity contribution in [2.75, 3.05) is 19.8 Å². The van der Waals surface area contributed by atoms with Gasteiger partial charge >= 0.3 is 12.1 Å². The number of rotatable bonds is 11. The highest BCUT2D eigenvalue weighted by molar-refractivity contribution is 5.94. The maximum absolute atomic E-state index is 12.9. The number of aryl methyl sites for hydroxylation is 1. The van der Waals surface area contributed by atoms with E-state index in [4.69, 9.17) is 14.3 Å². The zero-order valence-corrected chi connectivity index (χ0v) is 17.1. The molecule has 0 aliphatic carbocycles. The van der Waals surface area contributed by atoms with Gasteiger partial charge in [-0.05, 0) is 43.0 Å². The molecule has 0 aromatic heterocycles. The molecule has 0 radical (unpaired) electrons. The van der Waals surface area contributed by atoms with Gasteiger partial charge in [0.1, 0.15) is 0 Å². The summed E-state index contributed by atoms with van der Waals surface area (Å²) in [6, 6.07) is 2.94. The van der Waals surface area contributed by atoms with Crippen LogP contribution in [0.25, 0.3) is 0 Å². The Morgan fingerprint density at radius 2 is 1.83 bits per heavy atom. The molecule has 0 saturated carbocycles. The Labute approximate surface area is 168 Å². The van der Waals surface area contributed by atoms with Crippen molar-refractivity contribution in [2.24, 2.45) is 5.92 Å². The summed E-state index contributed by atoms with van der Waals surface area (Å²) in [5, 5.41) is 0. The van der Waals surface area contributed by atoms with E-state index in [1.54, 1.807) is 0 Å². The fourth-order valence-electron chi connectivity index (χ4n) is 2.19. The number of benzene rings is 1. The molecule has 0 heterocycles. The Balaban J connectivity index is 2.79. The molecule has 1 aromatic carbocycles. The van der Waals surface area contributed by atoms with Crippen LogP contribution in [-0.2, 0) is 25.3 Å². The lowest BCUT2D eigenvalue weighted by Gasteiger charge is -2.18. The van der Waals surface area contributed by atoms with Crippen molar-refractivity contribution in [3.63, 3.8) is 0 Å². The second kappa shape index (κ2) is 11.8. The van der Waals surface area contributed by atoms with Crippen molar-refractivity contribution in [3.8, 4) is 0 Å². The van der Waals surface area contributed by atoms with Gasteiger partial charge in [-0.1, -0.05) is 27.2 Å². The quantitative estimate of drug-likeness (QED) is 0.333. The Morgan fingerprint density at radius 3 is 2.41 bits per heavy atom. The SMILES string of the molecule is CCCCOC[C@@H](ONC(=O)c1cc(C)cc(C(F)(F)F)c1)C(=O)OCC(C)C. The van der Waals surface area contributed by atoms with Crippen LogP contribution in [0.5, 0.6) is 0 Å². The van der Waals surface area contributed by atoms with Crippen molar-refractivity contribution in [1.29, 1.82) is 0 Å². The molecule has 164 valence electrons. The first-order valence-electron chi connectivity index (χ1n) is 9.43. The Bertz CT molecular complexity index is 677. The molecule has 1 amide bonds. The van der Waals surface area contributed by atoms with Crippen molar-refractivity contribution in [2.45, 2.75) is 52.8 Å². The van der Waals surface area contributed by atoms with Crippen molar-refractivity contribution >= 4 is 11.9 Å². The van der Waals surface area contributed by atoms with E-state index in [1.807, 2.05) is 26.3 Å². The molecule has 1 atom stereocenters. The molecule has 0 unspecified atom stereocenters. The number of unbranched alkanes of at least 4 members (excludes halogenated alkanes) is 1. The number of halogens is 3. The Kier molecular flexibility index (Phi) is 10.1. The van der Waals surface area contributed by atoms with E-state index in [0.29, 0.717) is 6.61 Å². The maximum Gasteiger partial charge on any atom is 0.416 e. The summed E-state index contributed by atoms with van der Waals surface area (Å²) < 4.78 is 49.3. The predicted molar refractivity (Wildman–Crippen MR) is 100 cm³/mol. The van der Waals surface area contributed by atoms with Gasteiger partial charge in [-0.2, -0.15) is 13.2 Å². The van der Waals surface area contributed by atoms with E-state index in [2.05, 4.69) is 0 Å².